The molecule has 0 aliphatic heterocycles. The van der Waals surface area contributed by atoms with Crippen LogP contribution in [0.25, 0.3) is 83.4 Å². The number of anilines is 12. The minimum atomic E-state index is -0.347. The average Bonchev–Trinajstić information content (AvgIpc) is 1.63. The van der Waals surface area contributed by atoms with Gasteiger partial charge in [0, 0.05) is 138 Å². The number of ether oxygens (including phenoxy) is 6. The number of nitrogens with zero attached hydrogens (tertiary/aromatic N) is 17. The standard InChI is InChI=1S/C28H32N6O3.C27H31N7O2.C27H30N6O3.C26H29N7O2/c1-6-27(35)30-22-16-23(25(36-7-2)17-26(22)37-15-14-33(3)4)32-28-29-13-12-21(31-28)20-18-34(5)24-11-9-8-10-19(20)24;1-6-25(35)29-21-17-22(24(36-5)16-18(21)10-9-15-33(2)3)31-27-28-14-13-20(30-27)26-19-11-7-8-12-23(19)34(4)32-26;1-5-26(34)30-22-15-23(24(35-6-2)16-25(22)36-14-13-33(3)4)32-27-28-12-11-21(31-27)19-17-29-20-10-8-7-9-18(19)20;1-5-25(34)29-21-16-22(24(35-4)15-18(21)9-8-13-32(2)3)31-26-27-12-11-20(30-26)19-17-28-33-14-7-6-10-23(19)33/h6,8-13,16-18H,1,7,14-15H2,2-5H3,(H,30,35)(H,29,31,32);6-8,11-14,16-17H,1,9-10,15H2,2-5H3,(H,29,35)(H,28,30,31);5,7-12,15-17,29H,1,6,13-14H2,2-4H3,(H,30,34)(H,28,31,32);5-7,10-12,14-17H,1,8-9,13H2,2-4H3,(H,29,34)(H,27,30,31). The number of aryl methyl sites for hydroxylation is 4. The Morgan fingerprint density at radius 1 is 0.403 bits per heavy atom. The number of amides is 4. The number of methoxy groups -OCH3 is 2. The largest absolute Gasteiger partial charge is 0.495 e. The van der Waals surface area contributed by atoms with Crippen LogP contribution in [0.1, 0.15) is 37.8 Å². The van der Waals surface area contributed by atoms with Gasteiger partial charge < -0.3 is 100 Å². The molecule has 0 fully saturated rings. The fraction of sp³-hybridized carbons (Fsp3) is 0.241. The number of rotatable bonds is 42. The molecule has 0 aliphatic carbocycles. The molecule has 16 rings (SSSR count). The third kappa shape index (κ3) is 27.7. The van der Waals surface area contributed by atoms with Gasteiger partial charge in [0.15, 0.2) is 0 Å². The Morgan fingerprint density at radius 2 is 0.792 bits per heavy atom. The van der Waals surface area contributed by atoms with Crippen LogP contribution in [-0.4, -0.2) is 235 Å². The summed E-state index contributed by atoms with van der Waals surface area (Å²) in [5.41, 5.74) is 17.6. The second kappa shape index (κ2) is 50.6. The van der Waals surface area contributed by atoms with E-state index in [0.29, 0.717) is 149 Å². The van der Waals surface area contributed by atoms with Crippen LogP contribution in [0, 0.1) is 0 Å². The number of fused-ring (bicyclic) bond motifs is 4. The van der Waals surface area contributed by atoms with E-state index in [4.69, 9.17) is 48.4 Å². The molecule has 0 atom stereocenters. The van der Waals surface area contributed by atoms with Gasteiger partial charge in [0.2, 0.25) is 47.4 Å². The number of carbonyl (C=O) groups excluding carboxylic acids is 4. The SMILES string of the molecule is C=CC(=O)Nc1cc(Nc2nccc(-c3c[nH]c4ccccc34)n2)c(OCC)cc1OCCN(C)C.C=CC(=O)Nc1cc(Nc2nccc(-c3cn(C)c4ccccc34)n2)c(OCC)cc1OCCN(C)C.C=CC(=O)Nc1cc(Nc2nccc(-c3cnn4ccccc34)n2)c(OC)cc1CCCN(C)C.C=CC(=O)Nc1cc(Nc2nccc(-c3nn(C)c4ccccc34)n2)c(OC)cc1CCCN(C)C. The molecule has 9 heterocycles. The summed E-state index contributed by atoms with van der Waals surface area (Å²) in [6.45, 7) is 23.1. The molecule has 0 bridgehead atoms. The summed E-state index contributed by atoms with van der Waals surface area (Å²) in [6.07, 6.45) is 22.8. The Labute approximate surface area is 836 Å². The Bertz CT molecular complexity index is 7210. The molecule has 7 aromatic carbocycles. The van der Waals surface area contributed by atoms with Gasteiger partial charge in [-0.25, -0.2) is 44.4 Å². The first-order valence-electron chi connectivity index (χ1n) is 46.7. The van der Waals surface area contributed by atoms with Gasteiger partial charge >= 0.3 is 0 Å². The van der Waals surface area contributed by atoms with Crippen molar-refractivity contribution >= 4 is 131 Å². The molecule has 0 saturated carbocycles. The molecule has 9 aromatic heterocycles. The van der Waals surface area contributed by atoms with E-state index in [0.717, 1.165) is 128 Å². The van der Waals surface area contributed by atoms with Crippen molar-refractivity contribution in [1.29, 1.82) is 0 Å². The zero-order chi connectivity index (χ0) is 102. The maximum atomic E-state index is 12.1. The zero-order valence-corrected chi connectivity index (χ0v) is 83.5. The van der Waals surface area contributed by atoms with Gasteiger partial charge in [0.1, 0.15) is 53.4 Å². The number of para-hydroxylation sites is 3. The second-order valence-corrected chi connectivity index (χ2v) is 33.9. The summed E-state index contributed by atoms with van der Waals surface area (Å²) in [5, 5.41) is 36.7. The van der Waals surface area contributed by atoms with Crippen molar-refractivity contribution in [3.8, 4) is 79.7 Å². The molecule has 0 saturated heterocycles. The molecule has 9 N–H and O–H groups in total. The molecule has 0 spiro atoms. The fourth-order valence-corrected chi connectivity index (χ4v) is 15.4. The van der Waals surface area contributed by atoms with E-state index >= 15 is 0 Å². The van der Waals surface area contributed by atoms with Crippen LogP contribution < -0.4 is 71.0 Å². The summed E-state index contributed by atoms with van der Waals surface area (Å²) in [5.74, 6) is 3.69. The van der Waals surface area contributed by atoms with Gasteiger partial charge in [-0.2, -0.15) is 10.2 Å². The fourth-order valence-electron chi connectivity index (χ4n) is 15.4. The number of likely N-dealkylation sites (N-methyl/N-ethyl adjacent to an activating group) is 2. The summed E-state index contributed by atoms with van der Waals surface area (Å²) in [7, 11) is 23.2. The van der Waals surface area contributed by atoms with Gasteiger partial charge in [-0.3, -0.25) is 23.9 Å². The quantitative estimate of drug-likeness (QED) is 0.0160. The number of hydrogen-bond acceptors (Lipinski definition) is 28. The van der Waals surface area contributed by atoms with Crippen molar-refractivity contribution < 1.29 is 47.6 Å². The summed E-state index contributed by atoms with van der Waals surface area (Å²) in [4.78, 5) is 96.5. The van der Waals surface area contributed by atoms with Crippen LogP contribution in [0.2, 0.25) is 0 Å². The monoisotopic (exact) mass is 1940 g/mol. The van der Waals surface area contributed by atoms with E-state index in [1.807, 2.05) is 239 Å². The van der Waals surface area contributed by atoms with Crippen LogP contribution in [0.3, 0.4) is 0 Å². The van der Waals surface area contributed by atoms with E-state index in [1.54, 1.807) is 74.0 Å². The van der Waals surface area contributed by atoms with Gasteiger partial charge in [0.05, 0.1) is 102 Å². The molecule has 4 amide bonds. The highest BCUT2D eigenvalue weighted by atomic mass is 16.5. The Balaban J connectivity index is 0.000000161. The van der Waals surface area contributed by atoms with Crippen LogP contribution >= 0.6 is 0 Å². The average molecular weight is 1940 g/mol. The number of carbonyl (C=O) groups is 4. The highest BCUT2D eigenvalue weighted by Gasteiger charge is 2.24. The van der Waals surface area contributed by atoms with E-state index in [1.165, 1.54) is 24.3 Å². The lowest BCUT2D eigenvalue weighted by Crippen LogP contribution is -2.20. The first-order valence-corrected chi connectivity index (χ1v) is 46.7. The zero-order valence-electron chi connectivity index (χ0n) is 83.5. The maximum Gasteiger partial charge on any atom is 0.247 e. The van der Waals surface area contributed by atoms with Crippen molar-refractivity contribution in [2.45, 2.75) is 39.5 Å². The van der Waals surface area contributed by atoms with E-state index in [-0.39, 0.29) is 23.6 Å². The highest BCUT2D eigenvalue weighted by molar-refractivity contribution is 6.04. The molecule has 16 aromatic rings. The van der Waals surface area contributed by atoms with Crippen molar-refractivity contribution in [2.24, 2.45) is 14.1 Å². The normalized spacial score (nSPS) is 11.0. The molecule has 0 radical (unpaired) electrons. The molecule has 36 nitrogen and oxygen atoms in total. The highest BCUT2D eigenvalue weighted by Crippen LogP contribution is 2.43. The number of aromatic amines is 1. The summed E-state index contributed by atoms with van der Waals surface area (Å²) < 4.78 is 40.8. The lowest BCUT2D eigenvalue weighted by molar-refractivity contribution is -0.112. The molecule has 0 aliphatic rings. The van der Waals surface area contributed by atoms with Crippen LogP contribution in [-0.2, 0) is 46.1 Å². The molecule has 744 valence electrons. The van der Waals surface area contributed by atoms with Crippen LogP contribution in [0.4, 0.5) is 69.3 Å². The third-order valence-corrected chi connectivity index (χ3v) is 22.4. The molecule has 36 heteroatoms. The van der Waals surface area contributed by atoms with Crippen molar-refractivity contribution in [1.82, 2.24) is 88.4 Å². The van der Waals surface area contributed by atoms with Crippen molar-refractivity contribution in [2.75, 3.05) is 166 Å². The van der Waals surface area contributed by atoms with E-state index in [2.05, 4.69) is 137 Å². The maximum absolute atomic E-state index is 12.1. The first-order chi connectivity index (χ1) is 69.7. The van der Waals surface area contributed by atoms with Gasteiger partial charge in [0.25, 0.3) is 0 Å². The van der Waals surface area contributed by atoms with Crippen molar-refractivity contribution in [3.05, 3.63) is 275 Å². The number of pyridine rings is 1. The number of H-pyrrole nitrogens is 1. The molecular weight excluding hydrogens is 1820 g/mol. The number of benzene rings is 7. The summed E-state index contributed by atoms with van der Waals surface area (Å²) in [6, 6.07) is 52.2. The second-order valence-electron chi connectivity index (χ2n) is 33.9. The predicted octanol–water partition coefficient (Wildman–Crippen LogP) is 18.2. The van der Waals surface area contributed by atoms with E-state index < -0.39 is 0 Å². The van der Waals surface area contributed by atoms with Gasteiger partial charge in [-0.1, -0.05) is 87.0 Å². The molecule has 0 unspecified atom stereocenters. The lowest BCUT2D eigenvalue weighted by Gasteiger charge is -2.19. The number of hydrogen-bond donors (Lipinski definition) is 9. The predicted molar refractivity (Wildman–Crippen MR) is 573 cm³/mol. The topological polar surface area (TPSA) is 392 Å². The third-order valence-electron chi connectivity index (χ3n) is 22.4. The number of nitrogens with one attached hydrogen (secondary N) is 9. The van der Waals surface area contributed by atoms with Gasteiger partial charge in [-0.15, -0.1) is 0 Å². The minimum Gasteiger partial charge on any atom is -0.495 e. The number of aromatic nitrogens is 14. The van der Waals surface area contributed by atoms with Crippen LogP contribution in [0.5, 0.6) is 34.5 Å². The van der Waals surface area contributed by atoms with Gasteiger partial charge in [-0.05, 0) is 235 Å². The van der Waals surface area contributed by atoms with Crippen LogP contribution in [0.15, 0.2) is 264 Å². The first kappa shape index (κ1) is 104. The molecular formula is C108H122N26O10. The summed E-state index contributed by atoms with van der Waals surface area (Å²) >= 11 is 0. The lowest BCUT2D eigenvalue weighted by atomic mass is 10.0. The minimum absolute atomic E-state index is 0.277. The Morgan fingerprint density at radius 3 is 1.26 bits per heavy atom. The Hall–Kier alpha value is -17.2. The smallest absolute Gasteiger partial charge is 0.247 e. The van der Waals surface area contributed by atoms with Crippen molar-refractivity contribution in [3.63, 3.8) is 0 Å². The molecule has 144 heavy (non-hydrogen) atoms. The van der Waals surface area contributed by atoms with E-state index in [9.17, 15) is 19.2 Å². The Kier molecular flexibility index (Phi) is 36.6.